The molecule has 4 nitrogen and oxygen atoms in total. The van der Waals surface area contributed by atoms with Crippen molar-refractivity contribution >= 4 is 29.2 Å². The molecule has 0 spiro atoms. The quantitative estimate of drug-likeness (QED) is 0.437. The second-order valence-corrected chi connectivity index (χ2v) is 9.74. The fraction of sp³-hybridized carbons (Fsp3) is 0.417. The van der Waals surface area contributed by atoms with E-state index in [0.717, 1.165) is 0 Å². The van der Waals surface area contributed by atoms with E-state index in [4.69, 9.17) is 23.2 Å². The molecule has 172 valence electrons. The number of hydrogen-bond donors (Lipinski definition) is 2. The summed E-state index contributed by atoms with van der Waals surface area (Å²) in [6.07, 6.45) is -0.277. The lowest BCUT2D eigenvalue weighted by Crippen LogP contribution is -2.47. The molecule has 0 fully saturated rings. The minimum atomic E-state index is -1.38. The Morgan fingerprint density at radius 3 is 2.38 bits per heavy atom. The van der Waals surface area contributed by atoms with Gasteiger partial charge in [-0.2, -0.15) is 5.26 Å². The van der Waals surface area contributed by atoms with E-state index in [2.05, 4.69) is 5.32 Å². The highest BCUT2D eigenvalue weighted by Crippen LogP contribution is 2.39. The monoisotopic (exact) mass is 482 g/mol. The van der Waals surface area contributed by atoms with E-state index in [1.807, 2.05) is 33.8 Å². The van der Waals surface area contributed by atoms with Crippen LogP contribution in [0.2, 0.25) is 10.0 Å². The van der Waals surface area contributed by atoms with Crippen molar-refractivity contribution in [2.45, 2.75) is 52.1 Å². The molecule has 8 heteroatoms. The Bertz CT molecular complexity index is 1020. The van der Waals surface area contributed by atoms with Crippen LogP contribution in [0.25, 0.3) is 0 Å². The SMILES string of the molecule is CC(C(N[C@@H](C(=O)O)[C@@H](CC#N)c1cccc(Cl)c1F)c1ccc(Cl)cc1F)C(C)(C)C. The fourth-order valence-corrected chi connectivity index (χ4v) is 3.96. The predicted octanol–water partition coefficient (Wildman–Crippen LogP) is 6.74. The Hall–Kier alpha value is -2.20. The van der Waals surface area contributed by atoms with Crippen molar-refractivity contribution < 1.29 is 18.7 Å². The van der Waals surface area contributed by atoms with Crippen LogP contribution in [0.1, 0.15) is 57.2 Å². The lowest BCUT2D eigenvalue weighted by molar-refractivity contribution is -0.140. The smallest absolute Gasteiger partial charge is 0.321 e. The molecule has 2 unspecified atom stereocenters. The number of hydrogen-bond acceptors (Lipinski definition) is 3. The maximum atomic E-state index is 14.9. The van der Waals surface area contributed by atoms with E-state index in [1.165, 1.54) is 36.4 Å². The summed E-state index contributed by atoms with van der Waals surface area (Å²) in [6.45, 7) is 7.75. The van der Waals surface area contributed by atoms with Gasteiger partial charge in [-0.3, -0.25) is 10.1 Å². The van der Waals surface area contributed by atoms with Crippen LogP contribution in [-0.2, 0) is 4.79 Å². The first kappa shape index (κ1) is 26.1. The highest BCUT2D eigenvalue weighted by Gasteiger charge is 2.38. The van der Waals surface area contributed by atoms with E-state index < -0.39 is 35.6 Å². The number of benzene rings is 2. The molecule has 0 aliphatic rings. The van der Waals surface area contributed by atoms with Crippen molar-refractivity contribution in [3.05, 3.63) is 69.2 Å². The van der Waals surface area contributed by atoms with Crippen LogP contribution in [0.3, 0.4) is 0 Å². The summed E-state index contributed by atoms with van der Waals surface area (Å²) < 4.78 is 29.7. The highest BCUT2D eigenvalue weighted by atomic mass is 35.5. The number of nitrogens with zero attached hydrogens (tertiary/aromatic N) is 1. The molecule has 0 saturated heterocycles. The molecule has 0 aliphatic heterocycles. The van der Waals surface area contributed by atoms with Gasteiger partial charge in [-0.05, 0) is 35.1 Å². The normalized spacial score (nSPS) is 15.5. The summed E-state index contributed by atoms with van der Waals surface area (Å²) in [5, 5.41) is 22.5. The minimum absolute atomic E-state index is 0.0117. The molecule has 0 aliphatic carbocycles. The summed E-state index contributed by atoms with van der Waals surface area (Å²) >= 11 is 11.8. The molecule has 0 radical (unpaired) electrons. The lowest BCUT2D eigenvalue weighted by atomic mass is 9.74. The second-order valence-electron chi connectivity index (χ2n) is 8.89. The number of nitriles is 1. The summed E-state index contributed by atoms with van der Waals surface area (Å²) in [4.78, 5) is 12.3. The van der Waals surface area contributed by atoms with Gasteiger partial charge in [0.25, 0.3) is 0 Å². The van der Waals surface area contributed by atoms with Gasteiger partial charge in [0.2, 0.25) is 0 Å². The average Bonchev–Trinajstić information content (AvgIpc) is 2.69. The number of carbonyl (C=O) groups is 1. The molecule has 2 rings (SSSR count). The Morgan fingerprint density at radius 1 is 1.19 bits per heavy atom. The van der Waals surface area contributed by atoms with Gasteiger partial charge in [0.1, 0.15) is 17.7 Å². The van der Waals surface area contributed by atoms with Crippen molar-refractivity contribution in [3.8, 4) is 6.07 Å². The standard InChI is InChI=1S/C24H26Cl2F2N2O2/c1-13(24(2,3)4)21(17-9-8-14(25)12-19(17)27)30-22(23(31)32)16(10-11-29)15-6-5-7-18(26)20(15)28/h5-9,12-13,16,21-22,30H,10H2,1-4H3,(H,31,32)/t13?,16-,21?,22+/m0/s1. The van der Waals surface area contributed by atoms with Crippen molar-refractivity contribution in [2.24, 2.45) is 11.3 Å². The number of nitrogens with one attached hydrogen (secondary N) is 1. The van der Waals surface area contributed by atoms with Gasteiger partial charge < -0.3 is 5.11 Å². The summed E-state index contributed by atoms with van der Waals surface area (Å²) in [7, 11) is 0. The average molecular weight is 483 g/mol. The predicted molar refractivity (Wildman–Crippen MR) is 122 cm³/mol. The van der Waals surface area contributed by atoms with Crippen molar-refractivity contribution in [2.75, 3.05) is 0 Å². The van der Waals surface area contributed by atoms with Gasteiger partial charge in [-0.15, -0.1) is 0 Å². The van der Waals surface area contributed by atoms with Crippen molar-refractivity contribution in [1.29, 1.82) is 5.26 Å². The zero-order valence-electron chi connectivity index (χ0n) is 18.3. The Morgan fingerprint density at radius 2 is 1.84 bits per heavy atom. The van der Waals surface area contributed by atoms with Crippen LogP contribution in [0, 0.1) is 34.3 Å². The Labute approximate surface area is 197 Å². The van der Waals surface area contributed by atoms with E-state index in [-0.39, 0.29) is 38.9 Å². The van der Waals surface area contributed by atoms with Crippen molar-refractivity contribution in [3.63, 3.8) is 0 Å². The largest absolute Gasteiger partial charge is 0.480 e. The van der Waals surface area contributed by atoms with Crippen LogP contribution in [0.15, 0.2) is 36.4 Å². The second kappa shape index (κ2) is 10.6. The van der Waals surface area contributed by atoms with E-state index in [0.29, 0.717) is 0 Å². The topological polar surface area (TPSA) is 73.1 Å². The van der Waals surface area contributed by atoms with Gasteiger partial charge in [-0.1, -0.05) is 69.1 Å². The number of aliphatic carboxylic acids is 1. The van der Waals surface area contributed by atoms with E-state index >= 15 is 0 Å². The summed E-state index contributed by atoms with van der Waals surface area (Å²) in [5.74, 6) is -3.94. The number of halogens is 4. The van der Waals surface area contributed by atoms with Crippen LogP contribution < -0.4 is 5.32 Å². The molecular formula is C24H26Cl2F2N2O2. The molecule has 4 atom stereocenters. The minimum Gasteiger partial charge on any atom is -0.480 e. The molecule has 0 bridgehead atoms. The molecule has 0 aromatic heterocycles. The first-order valence-corrected chi connectivity index (χ1v) is 10.9. The van der Waals surface area contributed by atoms with Gasteiger partial charge in [-0.25, -0.2) is 8.78 Å². The molecule has 0 amide bonds. The molecule has 0 heterocycles. The van der Waals surface area contributed by atoms with Gasteiger partial charge >= 0.3 is 5.97 Å². The van der Waals surface area contributed by atoms with Crippen LogP contribution in [-0.4, -0.2) is 17.1 Å². The zero-order valence-corrected chi connectivity index (χ0v) is 19.8. The maximum Gasteiger partial charge on any atom is 0.321 e. The van der Waals surface area contributed by atoms with Crippen LogP contribution in [0.5, 0.6) is 0 Å². The maximum absolute atomic E-state index is 14.9. The third-order valence-electron chi connectivity index (χ3n) is 5.88. The molecule has 2 N–H and O–H groups in total. The number of carboxylic acids is 1. The van der Waals surface area contributed by atoms with Crippen LogP contribution >= 0.6 is 23.2 Å². The first-order valence-electron chi connectivity index (χ1n) is 10.1. The highest BCUT2D eigenvalue weighted by molar-refractivity contribution is 6.31. The molecular weight excluding hydrogens is 457 g/mol. The fourth-order valence-electron chi connectivity index (χ4n) is 3.62. The summed E-state index contributed by atoms with van der Waals surface area (Å²) in [6, 6.07) is 8.26. The van der Waals surface area contributed by atoms with Crippen molar-refractivity contribution in [1.82, 2.24) is 5.32 Å². The van der Waals surface area contributed by atoms with Crippen LogP contribution in [0.4, 0.5) is 8.78 Å². The Balaban J connectivity index is 2.60. The molecule has 2 aromatic carbocycles. The van der Waals surface area contributed by atoms with E-state index in [1.54, 1.807) is 0 Å². The zero-order chi connectivity index (χ0) is 24.2. The Kier molecular flexibility index (Phi) is 8.64. The number of carboxylic acid groups (broad SMARTS) is 1. The molecule has 0 saturated carbocycles. The van der Waals surface area contributed by atoms with Gasteiger partial charge in [0.15, 0.2) is 0 Å². The summed E-state index contributed by atoms with van der Waals surface area (Å²) in [5.41, 5.74) is -0.0817. The third-order valence-corrected chi connectivity index (χ3v) is 6.41. The lowest BCUT2D eigenvalue weighted by Gasteiger charge is -2.38. The third kappa shape index (κ3) is 5.98. The number of rotatable bonds is 8. The van der Waals surface area contributed by atoms with E-state index in [9.17, 15) is 23.9 Å². The van der Waals surface area contributed by atoms with Gasteiger partial charge in [0, 0.05) is 29.0 Å². The molecule has 2 aromatic rings. The first-order chi connectivity index (χ1) is 14.9. The molecule has 32 heavy (non-hydrogen) atoms. The van der Waals surface area contributed by atoms with Gasteiger partial charge in [0.05, 0.1) is 11.1 Å².